The Labute approximate surface area is 71.3 Å². The quantitative estimate of drug-likeness (QED) is 0.620. The molecule has 0 radical (unpaired) electrons. The first-order chi connectivity index (χ1) is 5.43. The minimum atomic E-state index is -0.527. The molecule has 1 N–H and O–H groups in total. The Morgan fingerprint density at radius 2 is 1.75 bits per heavy atom. The van der Waals surface area contributed by atoms with Crippen molar-refractivity contribution >= 4 is 17.6 Å². The molecule has 4 nitrogen and oxygen atoms in total. The van der Waals surface area contributed by atoms with E-state index in [1.165, 1.54) is 6.92 Å². The van der Waals surface area contributed by atoms with Gasteiger partial charge < -0.3 is 0 Å². The molecule has 0 aliphatic heterocycles. The maximum Gasteiger partial charge on any atom is 0.233 e. The maximum absolute atomic E-state index is 11.0. The van der Waals surface area contributed by atoms with Crippen LogP contribution in [0, 0.1) is 5.92 Å². The molecular formula is C8H13NO3. The molecule has 12 heavy (non-hydrogen) atoms. The summed E-state index contributed by atoms with van der Waals surface area (Å²) in [5.74, 6) is -1.28. The van der Waals surface area contributed by atoms with E-state index in [-0.39, 0.29) is 18.1 Å². The van der Waals surface area contributed by atoms with Crippen molar-refractivity contribution in [3.8, 4) is 0 Å². The average molecular weight is 171 g/mol. The number of hydrogen-bond acceptors (Lipinski definition) is 3. The molecule has 0 aliphatic carbocycles. The Kier molecular flexibility index (Phi) is 4.18. The second kappa shape index (κ2) is 4.64. The number of Topliss-reactive ketones (excluding diaryl/α,β-unsaturated/α-hetero) is 1. The van der Waals surface area contributed by atoms with Crippen LogP contribution in [0.5, 0.6) is 0 Å². The molecule has 2 amide bonds. The van der Waals surface area contributed by atoms with Crippen molar-refractivity contribution in [3.63, 3.8) is 0 Å². The van der Waals surface area contributed by atoms with Crippen LogP contribution in [0.3, 0.4) is 0 Å². The van der Waals surface area contributed by atoms with Gasteiger partial charge in [-0.1, -0.05) is 13.8 Å². The molecule has 0 unspecified atom stereocenters. The van der Waals surface area contributed by atoms with Crippen molar-refractivity contribution in [1.82, 2.24) is 5.32 Å². The van der Waals surface area contributed by atoms with Crippen LogP contribution in [0.1, 0.15) is 27.2 Å². The van der Waals surface area contributed by atoms with Crippen molar-refractivity contribution in [2.45, 2.75) is 27.2 Å². The zero-order valence-electron chi connectivity index (χ0n) is 7.51. The molecule has 68 valence electrons. The number of carbonyl (C=O) groups excluding carboxylic acids is 3. The van der Waals surface area contributed by atoms with Crippen LogP contribution in [0.4, 0.5) is 0 Å². The number of imide groups is 1. The predicted molar refractivity (Wildman–Crippen MR) is 43.3 cm³/mol. The van der Waals surface area contributed by atoms with Gasteiger partial charge in [0.05, 0.1) is 6.42 Å². The average Bonchev–Trinajstić information content (AvgIpc) is 1.84. The maximum atomic E-state index is 11.0. The molecule has 0 rings (SSSR count). The summed E-state index contributed by atoms with van der Waals surface area (Å²) in [7, 11) is 0. The lowest BCUT2D eigenvalue weighted by Crippen LogP contribution is -2.30. The minimum absolute atomic E-state index is 0.159. The van der Waals surface area contributed by atoms with Crippen LogP contribution in [-0.4, -0.2) is 17.6 Å². The minimum Gasteiger partial charge on any atom is -0.299 e. The Hall–Kier alpha value is -1.19. The number of hydrogen-bond donors (Lipinski definition) is 1. The van der Waals surface area contributed by atoms with Crippen molar-refractivity contribution in [2.24, 2.45) is 5.92 Å². The number of rotatable bonds is 3. The molecule has 0 aromatic rings. The molecular weight excluding hydrogens is 158 g/mol. The van der Waals surface area contributed by atoms with Crippen LogP contribution in [0.25, 0.3) is 0 Å². The van der Waals surface area contributed by atoms with Crippen LogP contribution in [0.2, 0.25) is 0 Å². The fourth-order valence-corrected chi connectivity index (χ4v) is 0.603. The zero-order valence-corrected chi connectivity index (χ0v) is 7.51. The van der Waals surface area contributed by atoms with E-state index in [9.17, 15) is 14.4 Å². The summed E-state index contributed by atoms with van der Waals surface area (Å²) in [5.41, 5.74) is 0. The van der Waals surface area contributed by atoms with Gasteiger partial charge in [-0.05, 0) is 0 Å². The van der Waals surface area contributed by atoms with Gasteiger partial charge in [-0.2, -0.15) is 0 Å². The molecule has 0 saturated heterocycles. The van der Waals surface area contributed by atoms with Crippen LogP contribution < -0.4 is 5.32 Å². The fourth-order valence-electron chi connectivity index (χ4n) is 0.603. The van der Waals surface area contributed by atoms with Gasteiger partial charge in [0.1, 0.15) is 5.78 Å². The first-order valence-corrected chi connectivity index (χ1v) is 3.76. The Morgan fingerprint density at radius 3 is 2.08 bits per heavy atom. The number of amides is 2. The second-order valence-corrected chi connectivity index (χ2v) is 2.90. The molecule has 0 saturated carbocycles. The Balaban J connectivity index is 3.85. The molecule has 0 atom stereocenters. The molecule has 0 fully saturated rings. The number of ketones is 1. The molecule has 0 bridgehead atoms. The van der Waals surface area contributed by atoms with Gasteiger partial charge in [0.25, 0.3) is 0 Å². The summed E-state index contributed by atoms with van der Waals surface area (Å²) >= 11 is 0. The summed E-state index contributed by atoms with van der Waals surface area (Å²) < 4.78 is 0. The van der Waals surface area contributed by atoms with E-state index in [0.717, 1.165) is 0 Å². The first kappa shape index (κ1) is 10.8. The third kappa shape index (κ3) is 4.60. The lowest BCUT2D eigenvalue weighted by molar-refractivity contribution is -0.132. The van der Waals surface area contributed by atoms with Crippen molar-refractivity contribution in [1.29, 1.82) is 0 Å². The second-order valence-electron chi connectivity index (χ2n) is 2.90. The highest BCUT2D eigenvalue weighted by Crippen LogP contribution is 1.97. The van der Waals surface area contributed by atoms with E-state index in [2.05, 4.69) is 0 Å². The molecule has 0 aromatic carbocycles. The monoisotopic (exact) mass is 171 g/mol. The number of nitrogens with one attached hydrogen (secondary N) is 1. The first-order valence-electron chi connectivity index (χ1n) is 3.76. The van der Waals surface area contributed by atoms with Gasteiger partial charge in [-0.25, -0.2) is 0 Å². The smallest absolute Gasteiger partial charge is 0.233 e. The van der Waals surface area contributed by atoms with Gasteiger partial charge in [-0.15, -0.1) is 0 Å². The lowest BCUT2D eigenvalue weighted by Gasteiger charge is -2.02. The third-order valence-corrected chi connectivity index (χ3v) is 1.29. The van der Waals surface area contributed by atoms with Gasteiger partial charge in [0.15, 0.2) is 0 Å². The van der Waals surface area contributed by atoms with Gasteiger partial charge in [-0.3, -0.25) is 19.7 Å². The summed E-state index contributed by atoms with van der Waals surface area (Å²) in [6, 6.07) is 0. The van der Waals surface area contributed by atoms with Gasteiger partial charge in [0, 0.05) is 12.8 Å². The van der Waals surface area contributed by atoms with Crippen molar-refractivity contribution in [3.05, 3.63) is 0 Å². The van der Waals surface area contributed by atoms with Crippen molar-refractivity contribution in [2.75, 3.05) is 0 Å². The van der Waals surface area contributed by atoms with Gasteiger partial charge >= 0.3 is 0 Å². The Bertz CT molecular complexity index is 208. The highest BCUT2D eigenvalue weighted by atomic mass is 16.2. The third-order valence-electron chi connectivity index (χ3n) is 1.29. The summed E-state index contributed by atoms with van der Waals surface area (Å²) in [5, 5.41) is 2.03. The Morgan fingerprint density at radius 1 is 1.25 bits per heavy atom. The standard InChI is InChI=1S/C8H13NO3/c1-5(2)7(11)4-8(12)9-6(3)10/h5H,4H2,1-3H3,(H,9,10,12). The summed E-state index contributed by atoms with van der Waals surface area (Å²) in [6.45, 7) is 4.66. The van der Waals surface area contributed by atoms with E-state index in [1.54, 1.807) is 13.8 Å². The van der Waals surface area contributed by atoms with E-state index in [0.29, 0.717) is 0 Å². The fraction of sp³-hybridized carbons (Fsp3) is 0.625. The molecule has 0 aromatic heterocycles. The van der Waals surface area contributed by atoms with Crippen LogP contribution in [-0.2, 0) is 14.4 Å². The van der Waals surface area contributed by atoms with E-state index >= 15 is 0 Å². The van der Waals surface area contributed by atoms with E-state index in [1.807, 2.05) is 5.32 Å². The largest absolute Gasteiger partial charge is 0.299 e. The molecule has 0 aliphatic rings. The predicted octanol–water partition coefficient (Wildman–Crippen LogP) is 0.264. The van der Waals surface area contributed by atoms with Crippen LogP contribution in [0.15, 0.2) is 0 Å². The zero-order chi connectivity index (χ0) is 9.72. The highest BCUT2D eigenvalue weighted by Gasteiger charge is 2.13. The highest BCUT2D eigenvalue weighted by molar-refractivity contribution is 6.04. The van der Waals surface area contributed by atoms with Crippen molar-refractivity contribution < 1.29 is 14.4 Å². The van der Waals surface area contributed by atoms with E-state index < -0.39 is 11.8 Å². The number of carbonyl (C=O) groups is 3. The molecule has 4 heteroatoms. The lowest BCUT2D eigenvalue weighted by atomic mass is 10.1. The normalized spacial score (nSPS) is 9.67. The SMILES string of the molecule is CC(=O)NC(=O)CC(=O)C(C)C. The molecule has 0 spiro atoms. The van der Waals surface area contributed by atoms with Gasteiger partial charge in [0.2, 0.25) is 11.8 Å². The van der Waals surface area contributed by atoms with E-state index in [4.69, 9.17) is 0 Å². The topological polar surface area (TPSA) is 63.2 Å². The summed E-state index contributed by atoms with van der Waals surface area (Å²) in [4.78, 5) is 32.1. The summed E-state index contributed by atoms with van der Waals surface area (Å²) in [6.07, 6.45) is -0.211. The molecule has 0 heterocycles. The van der Waals surface area contributed by atoms with Crippen LogP contribution >= 0.6 is 0 Å².